The summed E-state index contributed by atoms with van der Waals surface area (Å²) in [6.45, 7) is 5.23. The molecule has 0 aromatic rings. The van der Waals surface area contributed by atoms with Crippen LogP contribution in [0.5, 0.6) is 0 Å². The van der Waals surface area contributed by atoms with Crippen molar-refractivity contribution < 1.29 is 19.7 Å². The van der Waals surface area contributed by atoms with Crippen LogP contribution in [0.1, 0.15) is 65.2 Å². The van der Waals surface area contributed by atoms with Crippen LogP contribution in [0.4, 0.5) is 0 Å². The second-order valence-electron chi connectivity index (χ2n) is 10.6. The lowest BCUT2D eigenvalue weighted by Crippen LogP contribution is -2.60. The highest BCUT2D eigenvalue weighted by atomic mass is 16.5. The molecule has 1 heterocycles. The summed E-state index contributed by atoms with van der Waals surface area (Å²) in [6, 6.07) is 0. The van der Waals surface area contributed by atoms with Crippen LogP contribution < -0.4 is 0 Å². The fraction of sp³-hybridized carbons (Fsp3) is 0.870. The van der Waals surface area contributed by atoms with Gasteiger partial charge in [0.2, 0.25) is 0 Å². The van der Waals surface area contributed by atoms with E-state index in [1.54, 1.807) is 6.08 Å². The van der Waals surface area contributed by atoms with Gasteiger partial charge in [-0.15, -0.1) is 0 Å². The third-order valence-corrected chi connectivity index (χ3v) is 9.90. The zero-order chi connectivity index (χ0) is 19.0. The molecule has 0 amide bonds. The fourth-order valence-corrected chi connectivity index (χ4v) is 8.56. The number of aliphatic hydroxyl groups excluding tert-OH is 2. The van der Waals surface area contributed by atoms with Crippen LogP contribution in [0.25, 0.3) is 0 Å². The molecule has 4 aliphatic carbocycles. The molecule has 4 nitrogen and oxygen atoms in total. The summed E-state index contributed by atoms with van der Waals surface area (Å²) in [5.74, 6) is 2.40. The minimum Gasteiger partial charge on any atom is -0.458 e. The summed E-state index contributed by atoms with van der Waals surface area (Å²) in [7, 11) is 0. The largest absolute Gasteiger partial charge is 0.458 e. The van der Waals surface area contributed by atoms with E-state index in [1.807, 2.05) is 0 Å². The quantitative estimate of drug-likeness (QED) is 0.690. The van der Waals surface area contributed by atoms with Crippen LogP contribution >= 0.6 is 0 Å². The topological polar surface area (TPSA) is 66.8 Å². The molecule has 4 heteroatoms. The second kappa shape index (κ2) is 6.06. The van der Waals surface area contributed by atoms with Crippen molar-refractivity contribution in [3.63, 3.8) is 0 Å². The van der Waals surface area contributed by atoms with Crippen molar-refractivity contribution in [2.75, 3.05) is 6.61 Å². The van der Waals surface area contributed by atoms with Crippen molar-refractivity contribution in [1.29, 1.82) is 0 Å². The highest BCUT2D eigenvalue weighted by Crippen LogP contribution is 2.68. The van der Waals surface area contributed by atoms with Crippen LogP contribution in [-0.4, -0.2) is 35.0 Å². The van der Waals surface area contributed by atoms with Gasteiger partial charge in [0.05, 0.1) is 12.2 Å². The van der Waals surface area contributed by atoms with E-state index in [2.05, 4.69) is 13.8 Å². The van der Waals surface area contributed by atoms with E-state index >= 15 is 0 Å². The number of hydrogen-bond donors (Lipinski definition) is 2. The van der Waals surface area contributed by atoms with Crippen molar-refractivity contribution >= 4 is 5.97 Å². The molecular weight excluding hydrogens is 340 g/mol. The Kier molecular flexibility index (Phi) is 4.08. The predicted molar refractivity (Wildman–Crippen MR) is 102 cm³/mol. The summed E-state index contributed by atoms with van der Waals surface area (Å²) < 4.78 is 5.23. The van der Waals surface area contributed by atoms with Gasteiger partial charge in [-0.2, -0.15) is 0 Å². The monoisotopic (exact) mass is 374 g/mol. The van der Waals surface area contributed by atoms with E-state index in [1.165, 1.54) is 24.8 Å². The standard InChI is InChI=1S/C23H34O4/c1-22-10-9-17-14(3-4-18-19(24)7-8-20(25)23(17,18)2)16(22)6-5-15(22)13-11-21(26)27-12-13/h11,14-20,24-25H,3-10,12H2,1-2H3/t14-,15+,16-,17-,18+,19?,20?,22+,23+/m0/s1. The first-order chi connectivity index (χ1) is 12.9. The molecule has 4 fully saturated rings. The molecule has 0 saturated heterocycles. The molecule has 150 valence electrons. The number of cyclic esters (lactones) is 1. The lowest BCUT2D eigenvalue weighted by molar-refractivity contribution is -0.191. The smallest absolute Gasteiger partial charge is 0.331 e. The Morgan fingerprint density at radius 3 is 2.48 bits per heavy atom. The molecule has 27 heavy (non-hydrogen) atoms. The number of hydrogen-bond acceptors (Lipinski definition) is 4. The van der Waals surface area contributed by atoms with Crippen LogP contribution in [0.3, 0.4) is 0 Å². The zero-order valence-corrected chi connectivity index (χ0v) is 16.7. The van der Waals surface area contributed by atoms with Gasteiger partial charge in [0, 0.05) is 11.5 Å². The van der Waals surface area contributed by atoms with Crippen molar-refractivity contribution in [2.24, 2.45) is 40.4 Å². The lowest BCUT2D eigenvalue weighted by Gasteiger charge is -2.62. The maximum Gasteiger partial charge on any atom is 0.331 e. The van der Waals surface area contributed by atoms with Crippen LogP contribution in [0.15, 0.2) is 11.6 Å². The Morgan fingerprint density at radius 2 is 1.74 bits per heavy atom. The Labute approximate surface area is 162 Å². The average Bonchev–Trinajstić information content (AvgIpc) is 3.21. The first-order valence-electron chi connectivity index (χ1n) is 11.1. The van der Waals surface area contributed by atoms with Gasteiger partial charge in [-0.25, -0.2) is 4.79 Å². The fourth-order valence-electron chi connectivity index (χ4n) is 8.56. The average molecular weight is 375 g/mol. The normalized spacial score (nSPS) is 54.6. The zero-order valence-electron chi connectivity index (χ0n) is 16.7. The molecule has 2 N–H and O–H groups in total. The molecule has 0 aromatic carbocycles. The lowest BCUT2D eigenvalue weighted by atomic mass is 9.43. The van der Waals surface area contributed by atoms with E-state index in [-0.39, 0.29) is 34.9 Å². The number of carbonyl (C=O) groups excluding carboxylic acids is 1. The van der Waals surface area contributed by atoms with Gasteiger partial charge in [0.25, 0.3) is 0 Å². The summed E-state index contributed by atoms with van der Waals surface area (Å²) in [5, 5.41) is 21.7. The van der Waals surface area contributed by atoms with Gasteiger partial charge in [0.1, 0.15) is 6.61 Å². The number of ether oxygens (including phenoxy) is 1. The summed E-state index contributed by atoms with van der Waals surface area (Å²) in [6.07, 6.45) is 9.69. The SMILES string of the molecule is C[C@]12CC[C@H]3[C@@H](CC[C@@H]4C(O)CCC(O)[C@@]43C)[C@@H]1CC[C@@H]2C1=CC(=O)OC1. The number of carbonyl (C=O) groups is 1. The highest BCUT2D eigenvalue weighted by molar-refractivity contribution is 5.85. The Balaban J connectivity index is 1.45. The first kappa shape index (κ1) is 18.2. The maximum atomic E-state index is 11.6. The maximum absolute atomic E-state index is 11.6. The molecule has 0 spiro atoms. The minimum absolute atomic E-state index is 0.133. The number of aliphatic hydroxyl groups is 2. The number of rotatable bonds is 1. The number of esters is 1. The van der Waals surface area contributed by atoms with E-state index < -0.39 is 0 Å². The Morgan fingerprint density at radius 1 is 0.963 bits per heavy atom. The molecule has 1 aliphatic heterocycles. The van der Waals surface area contributed by atoms with Crippen LogP contribution in [0, 0.1) is 40.4 Å². The Bertz CT molecular complexity index is 671. The molecule has 4 saturated carbocycles. The van der Waals surface area contributed by atoms with E-state index in [0.29, 0.717) is 30.3 Å². The van der Waals surface area contributed by atoms with E-state index in [0.717, 1.165) is 32.1 Å². The van der Waals surface area contributed by atoms with Gasteiger partial charge in [-0.3, -0.25) is 0 Å². The van der Waals surface area contributed by atoms with Gasteiger partial charge in [0.15, 0.2) is 0 Å². The molecule has 0 aromatic heterocycles. The minimum atomic E-state index is -0.274. The van der Waals surface area contributed by atoms with Crippen molar-refractivity contribution in [3.05, 3.63) is 11.6 Å². The van der Waals surface area contributed by atoms with Crippen molar-refractivity contribution in [2.45, 2.75) is 77.4 Å². The highest BCUT2D eigenvalue weighted by Gasteiger charge is 2.63. The van der Waals surface area contributed by atoms with Crippen LogP contribution in [-0.2, 0) is 9.53 Å². The van der Waals surface area contributed by atoms with E-state index in [4.69, 9.17) is 4.74 Å². The second-order valence-corrected chi connectivity index (χ2v) is 10.6. The molecule has 9 atom stereocenters. The molecule has 2 unspecified atom stereocenters. The number of fused-ring (bicyclic) bond motifs is 5. The molecular formula is C23H34O4. The summed E-state index contributed by atoms with van der Waals surface area (Å²) >= 11 is 0. The van der Waals surface area contributed by atoms with Gasteiger partial charge < -0.3 is 14.9 Å². The molecule has 0 radical (unpaired) electrons. The first-order valence-corrected chi connectivity index (χ1v) is 11.1. The van der Waals surface area contributed by atoms with Gasteiger partial charge in [-0.05, 0) is 91.9 Å². The summed E-state index contributed by atoms with van der Waals surface area (Å²) in [4.78, 5) is 11.6. The van der Waals surface area contributed by atoms with Gasteiger partial charge in [-0.1, -0.05) is 13.8 Å². The third-order valence-electron chi connectivity index (χ3n) is 9.90. The Hall–Kier alpha value is -0.870. The van der Waals surface area contributed by atoms with Gasteiger partial charge >= 0.3 is 5.97 Å². The van der Waals surface area contributed by atoms with E-state index in [9.17, 15) is 15.0 Å². The third kappa shape index (κ3) is 2.38. The van der Waals surface area contributed by atoms with Crippen LogP contribution in [0.2, 0.25) is 0 Å². The summed E-state index contributed by atoms with van der Waals surface area (Å²) in [5.41, 5.74) is 1.34. The molecule has 0 bridgehead atoms. The predicted octanol–water partition coefficient (Wildman–Crippen LogP) is 3.46. The molecule has 5 aliphatic rings. The van der Waals surface area contributed by atoms with Crippen molar-refractivity contribution in [1.82, 2.24) is 0 Å². The molecule has 5 rings (SSSR count). The van der Waals surface area contributed by atoms with Crippen molar-refractivity contribution in [3.8, 4) is 0 Å².